The Kier molecular flexibility index (Phi) is 6.24. The maximum absolute atomic E-state index is 14.1. The van der Waals surface area contributed by atoms with Crippen LogP contribution in [0.2, 0.25) is 0 Å². The molecular weight excluding hydrogens is 481 g/mol. The molecule has 0 spiro atoms. The summed E-state index contributed by atoms with van der Waals surface area (Å²) in [7, 11) is 0. The second-order valence-electron chi connectivity index (χ2n) is 8.47. The van der Waals surface area contributed by atoms with Crippen LogP contribution in [-0.2, 0) is 6.18 Å². The Morgan fingerprint density at radius 3 is 2.50 bits per heavy atom. The first-order valence-corrected chi connectivity index (χ1v) is 11.4. The number of hydrogen-bond donors (Lipinski definition) is 2. The number of fused-ring (bicyclic) bond motifs is 1. The predicted molar refractivity (Wildman–Crippen MR) is 125 cm³/mol. The Bertz CT molecular complexity index is 1170. The van der Waals surface area contributed by atoms with Gasteiger partial charge in [-0.05, 0) is 72.4 Å². The fourth-order valence-corrected chi connectivity index (χ4v) is 5.03. The van der Waals surface area contributed by atoms with Crippen LogP contribution in [0.3, 0.4) is 0 Å². The molecule has 0 atom stereocenters. The summed E-state index contributed by atoms with van der Waals surface area (Å²) >= 11 is 3.39. The van der Waals surface area contributed by atoms with E-state index < -0.39 is 11.7 Å². The topological polar surface area (TPSA) is 54.8 Å². The zero-order chi connectivity index (χ0) is 23.0. The molecule has 4 rings (SSSR count). The van der Waals surface area contributed by atoms with Gasteiger partial charge in [-0.25, -0.2) is 0 Å². The fraction of sp³-hybridized carbons (Fsp3) is 0.375. The quantitative estimate of drug-likeness (QED) is 0.412. The third-order valence-electron chi connectivity index (χ3n) is 6.14. The number of aromatic amines is 1. The second kappa shape index (κ2) is 8.80. The highest BCUT2D eigenvalue weighted by atomic mass is 79.9. The van der Waals surface area contributed by atoms with Gasteiger partial charge < -0.3 is 15.2 Å². The number of rotatable bonds is 4. The summed E-state index contributed by atoms with van der Waals surface area (Å²) in [5.41, 5.74) is 0.815. The molecule has 1 aromatic heterocycles. The molecule has 1 aliphatic heterocycles. The molecular formula is C24H24BrF3N4. The summed E-state index contributed by atoms with van der Waals surface area (Å²) in [6.45, 7) is 6.16. The maximum atomic E-state index is 14.1. The van der Waals surface area contributed by atoms with Gasteiger partial charge in [-0.15, -0.1) is 0 Å². The number of halogens is 4. The molecule has 0 radical (unpaired) electrons. The number of alkyl halides is 3. The summed E-state index contributed by atoms with van der Waals surface area (Å²) in [5, 5.41) is 13.7. The lowest BCUT2D eigenvalue weighted by Gasteiger charge is -2.35. The van der Waals surface area contributed by atoms with Crippen molar-refractivity contribution in [2.75, 3.05) is 18.4 Å². The lowest BCUT2D eigenvalue weighted by molar-refractivity contribution is -0.137. The summed E-state index contributed by atoms with van der Waals surface area (Å²) in [6, 6.07) is 10.4. The molecule has 2 N–H and O–H groups in total. The highest BCUT2D eigenvalue weighted by Gasteiger charge is 2.35. The first kappa shape index (κ1) is 22.7. The van der Waals surface area contributed by atoms with Crippen molar-refractivity contribution in [2.24, 2.45) is 0 Å². The molecule has 1 aliphatic rings. The van der Waals surface area contributed by atoms with Gasteiger partial charge in [0, 0.05) is 48.0 Å². The number of H-pyrrole nitrogens is 1. The summed E-state index contributed by atoms with van der Waals surface area (Å²) in [5.74, 6) is 0. The predicted octanol–water partition coefficient (Wildman–Crippen LogP) is 6.77. The summed E-state index contributed by atoms with van der Waals surface area (Å²) in [6.07, 6.45) is -1.09. The van der Waals surface area contributed by atoms with E-state index in [1.54, 1.807) is 24.4 Å². The zero-order valence-corrected chi connectivity index (χ0v) is 19.4. The van der Waals surface area contributed by atoms with Gasteiger partial charge in [0.2, 0.25) is 0 Å². The van der Waals surface area contributed by atoms with E-state index in [0.717, 1.165) is 31.3 Å². The third kappa shape index (κ3) is 4.37. The van der Waals surface area contributed by atoms with Crippen LogP contribution in [0.4, 0.5) is 18.9 Å². The highest BCUT2D eigenvalue weighted by molar-refractivity contribution is 9.10. The molecule has 3 aromatic rings. The van der Waals surface area contributed by atoms with Crippen LogP contribution >= 0.6 is 15.9 Å². The standard InChI is InChI=1S/C24H24BrF3N4/c1-14(2)32-9-6-16(7-10-32)31-17-3-4-18(21(12-17)24(26,27)28)19-11-15-5-8-30-23(15)22(25)20(19)13-29/h3-5,8,11-12,14,16,30-31H,6-7,9-10H2,1-2H3. The van der Waals surface area contributed by atoms with Crippen molar-refractivity contribution in [2.45, 2.75) is 44.9 Å². The normalized spacial score (nSPS) is 15.9. The first-order valence-electron chi connectivity index (χ1n) is 10.6. The molecule has 0 bridgehead atoms. The van der Waals surface area contributed by atoms with E-state index in [4.69, 9.17) is 0 Å². The van der Waals surface area contributed by atoms with Crippen LogP contribution in [0.1, 0.15) is 37.8 Å². The number of aromatic nitrogens is 1. The number of piperidine rings is 1. The lowest BCUT2D eigenvalue weighted by atomic mass is 9.93. The van der Waals surface area contributed by atoms with Gasteiger partial charge in [-0.1, -0.05) is 6.07 Å². The van der Waals surface area contributed by atoms with E-state index in [0.29, 0.717) is 21.7 Å². The zero-order valence-electron chi connectivity index (χ0n) is 17.9. The van der Waals surface area contributed by atoms with E-state index in [1.807, 2.05) is 0 Å². The van der Waals surface area contributed by atoms with Gasteiger partial charge in [0.1, 0.15) is 6.07 Å². The van der Waals surface area contributed by atoms with Crippen molar-refractivity contribution in [1.29, 1.82) is 5.26 Å². The molecule has 1 saturated heterocycles. The van der Waals surface area contributed by atoms with Crippen molar-refractivity contribution < 1.29 is 13.2 Å². The average molecular weight is 505 g/mol. The minimum Gasteiger partial charge on any atom is -0.382 e. The summed E-state index contributed by atoms with van der Waals surface area (Å²) in [4.78, 5) is 5.39. The molecule has 0 unspecified atom stereocenters. The van der Waals surface area contributed by atoms with Gasteiger partial charge in [0.05, 0.1) is 21.1 Å². The van der Waals surface area contributed by atoms with Gasteiger partial charge in [0.15, 0.2) is 0 Å². The highest BCUT2D eigenvalue weighted by Crippen LogP contribution is 2.42. The molecule has 168 valence electrons. The van der Waals surface area contributed by atoms with E-state index in [-0.39, 0.29) is 22.7 Å². The monoisotopic (exact) mass is 504 g/mol. The number of anilines is 1. The van der Waals surface area contributed by atoms with Gasteiger partial charge in [0.25, 0.3) is 0 Å². The molecule has 2 heterocycles. The smallest absolute Gasteiger partial charge is 0.382 e. The summed E-state index contributed by atoms with van der Waals surface area (Å²) < 4.78 is 42.7. The van der Waals surface area contributed by atoms with Gasteiger partial charge in [-0.2, -0.15) is 18.4 Å². The Balaban J connectivity index is 1.71. The Labute approximate surface area is 193 Å². The minimum absolute atomic E-state index is 0.00183. The average Bonchev–Trinajstić information content (AvgIpc) is 3.22. The molecule has 0 saturated carbocycles. The number of benzene rings is 2. The molecule has 2 aromatic carbocycles. The lowest BCUT2D eigenvalue weighted by Crippen LogP contribution is -2.42. The molecule has 4 nitrogen and oxygen atoms in total. The van der Waals surface area contributed by atoms with E-state index in [2.05, 4.69) is 51.0 Å². The van der Waals surface area contributed by atoms with Crippen molar-refractivity contribution in [3.63, 3.8) is 0 Å². The molecule has 32 heavy (non-hydrogen) atoms. The third-order valence-corrected chi connectivity index (χ3v) is 6.94. The molecule has 1 fully saturated rings. The fourth-order valence-electron chi connectivity index (χ4n) is 4.38. The Hall–Kier alpha value is -2.50. The second-order valence-corrected chi connectivity index (χ2v) is 9.27. The van der Waals surface area contributed by atoms with Gasteiger partial charge >= 0.3 is 6.18 Å². The molecule has 0 aliphatic carbocycles. The van der Waals surface area contributed by atoms with Crippen LogP contribution < -0.4 is 5.32 Å². The van der Waals surface area contributed by atoms with Crippen LogP contribution in [0.15, 0.2) is 41.0 Å². The number of likely N-dealkylation sites (tertiary alicyclic amines) is 1. The van der Waals surface area contributed by atoms with E-state index in [9.17, 15) is 18.4 Å². The minimum atomic E-state index is -4.56. The van der Waals surface area contributed by atoms with Crippen LogP contribution in [0.5, 0.6) is 0 Å². The van der Waals surface area contributed by atoms with Crippen molar-refractivity contribution in [1.82, 2.24) is 9.88 Å². The maximum Gasteiger partial charge on any atom is 0.417 e. The Morgan fingerprint density at radius 2 is 1.88 bits per heavy atom. The molecule has 0 amide bonds. The van der Waals surface area contributed by atoms with Crippen LogP contribution in [0.25, 0.3) is 22.0 Å². The number of nitriles is 1. The van der Waals surface area contributed by atoms with Crippen molar-refractivity contribution in [3.8, 4) is 17.2 Å². The van der Waals surface area contributed by atoms with Crippen molar-refractivity contribution in [3.05, 3.63) is 52.1 Å². The first-order chi connectivity index (χ1) is 15.2. The van der Waals surface area contributed by atoms with E-state index in [1.165, 1.54) is 12.1 Å². The number of nitrogens with zero attached hydrogens (tertiary/aromatic N) is 2. The van der Waals surface area contributed by atoms with Crippen molar-refractivity contribution >= 4 is 32.5 Å². The molecule has 8 heteroatoms. The largest absolute Gasteiger partial charge is 0.417 e. The Morgan fingerprint density at radius 1 is 1.16 bits per heavy atom. The number of hydrogen-bond acceptors (Lipinski definition) is 3. The SMILES string of the molecule is CC(C)N1CCC(Nc2ccc(-c3cc4cc[nH]c4c(Br)c3C#N)c(C(F)(F)F)c2)CC1. The van der Waals surface area contributed by atoms with Crippen LogP contribution in [-0.4, -0.2) is 35.1 Å². The van der Waals surface area contributed by atoms with E-state index >= 15 is 0 Å². The van der Waals surface area contributed by atoms with Crippen LogP contribution in [0, 0.1) is 11.3 Å². The van der Waals surface area contributed by atoms with Gasteiger partial charge in [-0.3, -0.25) is 0 Å². The number of nitrogens with one attached hydrogen (secondary N) is 2.